The van der Waals surface area contributed by atoms with Gasteiger partial charge in [0, 0.05) is 0 Å². The Labute approximate surface area is 85.6 Å². The Hall–Kier alpha value is 0.920. The van der Waals surface area contributed by atoms with Crippen LogP contribution in [0.1, 0.15) is 12.8 Å². The van der Waals surface area contributed by atoms with Crippen LogP contribution in [0.5, 0.6) is 0 Å². The van der Waals surface area contributed by atoms with E-state index in [1.807, 2.05) is 7.05 Å². The van der Waals surface area contributed by atoms with Gasteiger partial charge in [-0.25, -0.2) is 0 Å². The Morgan fingerprint density at radius 3 is 2.20 bits per heavy atom. The van der Waals surface area contributed by atoms with Crippen molar-refractivity contribution < 1.29 is 29.6 Å². The maximum Gasteiger partial charge on any atom is 1.00 e. The van der Waals surface area contributed by atoms with E-state index in [9.17, 15) is 0 Å². The third kappa shape index (κ3) is 3.35. The Morgan fingerprint density at radius 1 is 1.30 bits per heavy atom. The molecule has 1 heterocycles. The van der Waals surface area contributed by atoms with Gasteiger partial charge in [-0.1, -0.05) is 12.8 Å². The second-order valence-electron chi connectivity index (χ2n) is 2.79. The van der Waals surface area contributed by atoms with Gasteiger partial charge in [0.2, 0.25) is 0 Å². The smallest absolute Gasteiger partial charge is 0.662 e. The molecule has 0 unspecified atom stereocenters. The van der Waals surface area contributed by atoms with E-state index in [1.165, 1.54) is 25.9 Å². The minimum atomic E-state index is 0. The van der Waals surface area contributed by atoms with Gasteiger partial charge < -0.3 is 10.2 Å². The number of hydrogen-bond donors (Lipinski definition) is 0. The Bertz CT molecular complexity index is 79.7. The van der Waals surface area contributed by atoms with Crippen molar-refractivity contribution in [2.75, 3.05) is 27.2 Å². The van der Waals surface area contributed by atoms with Gasteiger partial charge in [0.05, 0.1) is 0 Å². The standard InChI is InChI=1S/C7H15N2.Na/c1-8-7-3-5-9(2)6-4-7;/h7H,3-6H2,1-2H3;/q-1;+1. The van der Waals surface area contributed by atoms with E-state index in [0.717, 1.165) is 0 Å². The van der Waals surface area contributed by atoms with Crippen LogP contribution >= 0.6 is 0 Å². The van der Waals surface area contributed by atoms with Crippen LogP contribution in [0.2, 0.25) is 0 Å². The summed E-state index contributed by atoms with van der Waals surface area (Å²) < 4.78 is 0. The maximum absolute atomic E-state index is 4.26. The summed E-state index contributed by atoms with van der Waals surface area (Å²) >= 11 is 0. The molecule has 0 saturated carbocycles. The molecular weight excluding hydrogens is 135 g/mol. The van der Waals surface area contributed by atoms with Crippen LogP contribution in [-0.4, -0.2) is 38.1 Å². The summed E-state index contributed by atoms with van der Waals surface area (Å²) in [4.78, 5) is 2.36. The van der Waals surface area contributed by atoms with Crippen LogP contribution in [0.25, 0.3) is 5.32 Å². The molecule has 0 aromatic heterocycles. The zero-order valence-electron chi connectivity index (χ0n) is 7.30. The van der Waals surface area contributed by atoms with Crippen molar-refractivity contribution >= 4 is 0 Å². The molecule has 1 aliphatic heterocycles. The monoisotopic (exact) mass is 150 g/mol. The largest absolute Gasteiger partial charge is 1.00 e. The molecule has 2 nitrogen and oxygen atoms in total. The molecule has 54 valence electrons. The van der Waals surface area contributed by atoms with Crippen molar-refractivity contribution in [3.63, 3.8) is 0 Å². The Balaban J connectivity index is 0.000000810. The van der Waals surface area contributed by atoms with Crippen molar-refractivity contribution in [3.8, 4) is 0 Å². The van der Waals surface area contributed by atoms with Gasteiger partial charge in [-0.15, -0.1) is 6.04 Å². The molecule has 1 fully saturated rings. The minimum absolute atomic E-state index is 0. The predicted octanol–water partition coefficient (Wildman–Crippen LogP) is -1.91. The fourth-order valence-corrected chi connectivity index (χ4v) is 1.25. The summed E-state index contributed by atoms with van der Waals surface area (Å²) in [7, 11) is 4.10. The number of hydrogen-bond acceptors (Lipinski definition) is 1. The van der Waals surface area contributed by atoms with Crippen LogP contribution in [0, 0.1) is 0 Å². The number of nitrogens with zero attached hydrogens (tertiary/aromatic N) is 2. The van der Waals surface area contributed by atoms with Crippen LogP contribution in [-0.2, 0) is 0 Å². The summed E-state index contributed by atoms with van der Waals surface area (Å²) in [6, 6.07) is 0.654. The zero-order chi connectivity index (χ0) is 6.69. The summed E-state index contributed by atoms with van der Waals surface area (Å²) in [6.07, 6.45) is 2.51. The van der Waals surface area contributed by atoms with E-state index >= 15 is 0 Å². The average Bonchev–Trinajstić information content (AvgIpc) is 1.90. The topological polar surface area (TPSA) is 17.3 Å². The molecule has 0 N–H and O–H groups in total. The molecule has 0 amide bonds. The summed E-state index contributed by atoms with van der Waals surface area (Å²) in [5.41, 5.74) is 0. The average molecular weight is 150 g/mol. The fraction of sp³-hybridized carbons (Fsp3) is 1.00. The summed E-state index contributed by atoms with van der Waals surface area (Å²) in [5, 5.41) is 4.26. The van der Waals surface area contributed by atoms with Crippen molar-refractivity contribution in [1.29, 1.82) is 0 Å². The third-order valence-electron chi connectivity index (χ3n) is 2.05. The quantitative estimate of drug-likeness (QED) is 0.399. The van der Waals surface area contributed by atoms with Crippen LogP contribution in [0.3, 0.4) is 0 Å². The van der Waals surface area contributed by atoms with Gasteiger partial charge in [0.15, 0.2) is 0 Å². The molecule has 10 heavy (non-hydrogen) atoms. The van der Waals surface area contributed by atoms with Crippen LogP contribution in [0.4, 0.5) is 0 Å². The molecule has 0 bridgehead atoms. The molecule has 0 atom stereocenters. The van der Waals surface area contributed by atoms with Crippen LogP contribution < -0.4 is 29.6 Å². The number of likely N-dealkylation sites (tertiary alicyclic amines) is 1. The van der Waals surface area contributed by atoms with Gasteiger partial charge in [0.25, 0.3) is 0 Å². The zero-order valence-corrected chi connectivity index (χ0v) is 9.30. The number of piperidine rings is 1. The molecule has 1 rings (SSSR count). The molecule has 1 saturated heterocycles. The normalized spacial score (nSPS) is 22.2. The second kappa shape index (κ2) is 5.56. The number of rotatable bonds is 1. The van der Waals surface area contributed by atoms with E-state index in [0.29, 0.717) is 6.04 Å². The van der Waals surface area contributed by atoms with E-state index < -0.39 is 0 Å². The maximum atomic E-state index is 4.26. The summed E-state index contributed by atoms with van der Waals surface area (Å²) in [5.74, 6) is 0. The predicted molar refractivity (Wildman–Crippen MR) is 39.8 cm³/mol. The molecule has 3 heteroatoms. The van der Waals surface area contributed by atoms with Crippen molar-refractivity contribution in [1.82, 2.24) is 4.90 Å². The second-order valence-corrected chi connectivity index (χ2v) is 2.79. The first-order valence-electron chi connectivity index (χ1n) is 3.60. The van der Waals surface area contributed by atoms with Crippen LogP contribution in [0.15, 0.2) is 0 Å². The SMILES string of the molecule is C[N-]C1CCN(C)CC1.[Na+]. The minimum Gasteiger partial charge on any atom is -0.662 e. The Kier molecular flexibility index (Phi) is 6.07. The van der Waals surface area contributed by atoms with Gasteiger partial charge in [-0.2, -0.15) is 7.05 Å². The van der Waals surface area contributed by atoms with Gasteiger partial charge in [-0.3, -0.25) is 0 Å². The van der Waals surface area contributed by atoms with E-state index in [1.54, 1.807) is 0 Å². The molecular formula is C7H15N2Na. The fourth-order valence-electron chi connectivity index (χ4n) is 1.25. The van der Waals surface area contributed by atoms with E-state index in [2.05, 4.69) is 17.3 Å². The first-order valence-corrected chi connectivity index (χ1v) is 3.60. The third-order valence-corrected chi connectivity index (χ3v) is 2.05. The van der Waals surface area contributed by atoms with E-state index in [-0.39, 0.29) is 29.6 Å². The molecule has 0 aliphatic carbocycles. The van der Waals surface area contributed by atoms with Gasteiger partial charge in [-0.05, 0) is 20.1 Å². The van der Waals surface area contributed by atoms with Gasteiger partial charge in [0.1, 0.15) is 0 Å². The molecule has 0 aromatic rings. The molecule has 1 aliphatic rings. The Morgan fingerprint density at radius 2 is 1.80 bits per heavy atom. The van der Waals surface area contributed by atoms with Crippen molar-refractivity contribution in [3.05, 3.63) is 5.32 Å². The van der Waals surface area contributed by atoms with Crippen molar-refractivity contribution in [2.45, 2.75) is 18.9 Å². The summed E-state index contributed by atoms with van der Waals surface area (Å²) in [6.45, 7) is 2.45. The first kappa shape index (κ1) is 10.9. The molecule has 0 radical (unpaired) electrons. The molecule has 0 aromatic carbocycles. The first-order chi connectivity index (χ1) is 4.33. The molecule has 0 spiro atoms. The van der Waals surface area contributed by atoms with Gasteiger partial charge >= 0.3 is 29.6 Å². The van der Waals surface area contributed by atoms with E-state index in [4.69, 9.17) is 0 Å². The van der Waals surface area contributed by atoms with Crippen molar-refractivity contribution in [2.24, 2.45) is 0 Å².